The molecule has 6 heteroatoms. The Labute approximate surface area is 156 Å². The highest BCUT2D eigenvalue weighted by molar-refractivity contribution is 5.96. The van der Waals surface area contributed by atoms with Gasteiger partial charge in [-0.2, -0.15) is 5.26 Å². The Morgan fingerprint density at radius 3 is 2.74 bits per heavy atom. The topological polar surface area (TPSA) is 92.1 Å². The van der Waals surface area contributed by atoms with Gasteiger partial charge in [-0.25, -0.2) is 0 Å². The van der Waals surface area contributed by atoms with Crippen molar-refractivity contribution in [3.63, 3.8) is 0 Å². The van der Waals surface area contributed by atoms with Crippen molar-refractivity contribution in [2.24, 2.45) is 0 Å². The molecule has 3 rings (SSSR count). The number of esters is 1. The highest BCUT2D eigenvalue weighted by Gasteiger charge is 2.19. The molecule has 0 aliphatic rings. The zero-order valence-corrected chi connectivity index (χ0v) is 14.7. The van der Waals surface area contributed by atoms with E-state index in [1.807, 2.05) is 36.4 Å². The molecule has 0 aliphatic heterocycles. The molecule has 0 saturated carbocycles. The Kier molecular flexibility index (Phi) is 5.43. The number of rotatable bonds is 5. The van der Waals surface area contributed by atoms with E-state index in [1.165, 1.54) is 6.92 Å². The van der Waals surface area contributed by atoms with Crippen LogP contribution in [0.1, 0.15) is 18.1 Å². The van der Waals surface area contributed by atoms with Crippen molar-refractivity contribution < 1.29 is 14.3 Å². The molecule has 0 fully saturated rings. The largest absolute Gasteiger partial charge is 0.452 e. The highest BCUT2D eigenvalue weighted by Crippen LogP contribution is 2.17. The molecule has 1 amide bonds. The number of nitrogens with zero attached hydrogens (tertiary/aromatic N) is 2. The summed E-state index contributed by atoms with van der Waals surface area (Å²) in [5, 5.41) is 12.6. The van der Waals surface area contributed by atoms with Crippen LogP contribution in [0.15, 0.2) is 60.8 Å². The summed E-state index contributed by atoms with van der Waals surface area (Å²) in [7, 11) is 0. The van der Waals surface area contributed by atoms with E-state index < -0.39 is 18.0 Å². The minimum Gasteiger partial charge on any atom is -0.452 e. The van der Waals surface area contributed by atoms with Crippen LogP contribution in [0, 0.1) is 11.3 Å². The summed E-state index contributed by atoms with van der Waals surface area (Å²) in [6, 6.07) is 18.0. The summed E-state index contributed by atoms with van der Waals surface area (Å²) in [4.78, 5) is 28.8. The van der Waals surface area contributed by atoms with Crippen LogP contribution in [-0.4, -0.2) is 23.0 Å². The molecule has 0 bridgehead atoms. The molecule has 134 valence electrons. The van der Waals surface area contributed by atoms with Crippen molar-refractivity contribution in [1.82, 2.24) is 4.98 Å². The van der Waals surface area contributed by atoms with E-state index in [9.17, 15) is 9.59 Å². The maximum Gasteiger partial charge on any atom is 0.311 e. The van der Waals surface area contributed by atoms with Crippen molar-refractivity contribution >= 4 is 28.5 Å². The van der Waals surface area contributed by atoms with E-state index in [1.54, 1.807) is 30.5 Å². The average molecular weight is 359 g/mol. The van der Waals surface area contributed by atoms with E-state index in [0.29, 0.717) is 11.3 Å². The molecule has 0 radical (unpaired) electrons. The molecule has 1 atom stereocenters. The Morgan fingerprint density at radius 1 is 1.15 bits per heavy atom. The summed E-state index contributed by atoms with van der Waals surface area (Å²) in [6.45, 7) is 1.49. The quantitative estimate of drug-likeness (QED) is 0.706. The number of hydrogen-bond donors (Lipinski definition) is 1. The summed E-state index contributed by atoms with van der Waals surface area (Å²) in [6.07, 6.45) is 0.688. The summed E-state index contributed by atoms with van der Waals surface area (Å²) < 4.78 is 5.25. The number of carbonyl (C=O) groups is 2. The molecule has 0 aliphatic carbocycles. The molecule has 6 nitrogen and oxygen atoms in total. The van der Waals surface area contributed by atoms with Crippen molar-refractivity contribution in [3.05, 3.63) is 71.9 Å². The smallest absolute Gasteiger partial charge is 0.311 e. The number of pyridine rings is 1. The number of hydrogen-bond acceptors (Lipinski definition) is 5. The van der Waals surface area contributed by atoms with Gasteiger partial charge in [-0.3, -0.25) is 14.6 Å². The lowest BCUT2D eigenvalue weighted by Crippen LogP contribution is -2.30. The number of aromatic nitrogens is 1. The Hall–Kier alpha value is -3.72. The van der Waals surface area contributed by atoms with Crippen molar-refractivity contribution in [2.75, 3.05) is 5.32 Å². The van der Waals surface area contributed by atoms with Gasteiger partial charge < -0.3 is 10.1 Å². The fourth-order valence-corrected chi connectivity index (χ4v) is 2.68. The minimum absolute atomic E-state index is 0.0146. The van der Waals surface area contributed by atoms with Crippen LogP contribution in [0.4, 0.5) is 5.69 Å². The predicted octanol–water partition coefficient (Wildman–Crippen LogP) is 3.22. The van der Waals surface area contributed by atoms with Crippen LogP contribution in [0.3, 0.4) is 0 Å². The lowest BCUT2D eigenvalue weighted by molar-refractivity contribution is -0.152. The molecule has 3 aromatic rings. The third-order valence-corrected chi connectivity index (χ3v) is 4.03. The number of amides is 1. The van der Waals surface area contributed by atoms with Crippen LogP contribution < -0.4 is 5.32 Å². The summed E-state index contributed by atoms with van der Waals surface area (Å²) >= 11 is 0. The van der Waals surface area contributed by atoms with Gasteiger partial charge in [0.25, 0.3) is 5.91 Å². The van der Waals surface area contributed by atoms with Gasteiger partial charge >= 0.3 is 5.97 Å². The lowest BCUT2D eigenvalue weighted by Gasteiger charge is -2.14. The fourth-order valence-electron chi connectivity index (χ4n) is 2.68. The van der Waals surface area contributed by atoms with Crippen molar-refractivity contribution in [3.8, 4) is 6.07 Å². The number of para-hydroxylation sites is 2. The molecule has 27 heavy (non-hydrogen) atoms. The molecule has 2 aromatic carbocycles. The molecule has 1 unspecified atom stereocenters. The minimum atomic E-state index is -0.993. The Morgan fingerprint density at radius 2 is 1.93 bits per heavy atom. The third-order valence-electron chi connectivity index (χ3n) is 4.03. The summed E-state index contributed by atoms with van der Waals surface area (Å²) in [5.74, 6) is -1.02. The van der Waals surface area contributed by atoms with E-state index in [2.05, 4.69) is 10.3 Å². The standard InChI is InChI=1S/C21H17N3O3/c1-14(21(26)24-18-10-3-2-6-17(18)13-22)27-19(25)12-16-8-4-7-15-9-5-11-23-20(15)16/h2-11,14H,12H2,1H3,(H,24,26). The van der Waals surface area contributed by atoms with Gasteiger partial charge in [-0.05, 0) is 30.7 Å². The van der Waals surface area contributed by atoms with Crippen molar-refractivity contribution in [1.29, 1.82) is 5.26 Å². The van der Waals surface area contributed by atoms with Gasteiger partial charge in [0.1, 0.15) is 6.07 Å². The normalized spacial score (nSPS) is 11.4. The molecule has 1 aromatic heterocycles. The zero-order chi connectivity index (χ0) is 19.2. The first kappa shape index (κ1) is 18.1. The SMILES string of the molecule is CC(OC(=O)Cc1cccc2cccnc12)C(=O)Nc1ccccc1C#N. The molecular formula is C21H17N3O3. The van der Waals surface area contributed by atoms with Gasteiger partial charge in [0, 0.05) is 11.6 Å². The van der Waals surface area contributed by atoms with Gasteiger partial charge in [0.05, 0.1) is 23.2 Å². The van der Waals surface area contributed by atoms with Gasteiger partial charge in [-0.15, -0.1) is 0 Å². The van der Waals surface area contributed by atoms with Gasteiger partial charge in [0.2, 0.25) is 0 Å². The molecule has 1 heterocycles. The van der Waals surface area contributed by atoms with Crippen LogP contribution in [-0.2, 0) is 20.7 Å². The Balaban J connectivity index is 1.65. The van der Waals surface area contributed by atoms with Gasteiger partial charge in [0.15, 0.2) is 6.10 Å². The zero-order valence-electron chi connectivity index (χ0n) is 14.7. The second-order valence-corrected chi connectivity index (χ2v) is 5.95. The molecule has 0 spiro atoms. The number of anilines is 1. The van der Waals surface area contributed by atoms with E-state index >= 15 is 0 Å². The Bertz CT molecular complexity index is 1030. The van der Waals surface area contributed by atoms with E-state index in [0.717, 1.165) is 16.5 Å². The highest BCUT2D eigenvalue weighted by atomic mass is 16.5. The maximum atomic E-state index is 12.3. The first-order valence-corrected chi connectivity index (χ1v) is 8.40. The van der Waals surface area contributed by atoms with Crippen LogP contribution in [0.25, 0.3) is 10.9 Å². The first-order valence-electron chi connectivity index (χ1n) is 8.40. The average Bonchev–Trinajstić information content (AvgIpc) is 2.68. The number of benzene rings is 2. The molecular weight excluding hydrogens is 342 g/mol. The number of nitriles is 1. The number of nitrogens with one attached hydrogen (secondary N) is 1. The maximum absolute atomic E-state index is 12.3. The van der Waals surface area contributed by atoms with Gasteiger partial charge in [-0.1, -0.05) is 36.4 Å². The fraction of sp³-hybridized carbons (Fsp3) is 0.143. The number of fused-ring (bicyclic) bond motifs is 1. The van der Waals surface area contributed by atoms with Crippen LogP contribution >= 0.6 is 0 Å². The van der Waals surface area contributed by atoms with E-state index in [-0.39, 0.29) is 6.42 Å². The second-order valence-electron chi connectivity index (χ2n) is 5.95. The van der Waals surface area contributed by atoms with Crippen LogP contribution in [0.2, 0.25) is 0 Å². The lowest BCUT2D eigenvalue weighted by atomic mass is 10.1. The number of carbonyl (C=O) groups excluding carboxylic acids is 2. The monoisotopic (exact) mass is 359 g/mol. The number of ether oxygens (including phenoxy) is 1. The van der Waals surface area contributed by atoms with Crippen molar-refractivity contribution in [2.45, 2.75) is 19.4 Å². The van der Waals surface area contributed by atoms with Crippen LogP contribution in [0.5, 0.6) is 0 Å². The predicted molar refractivity (Wildman–Crippen MR) is 101 cm³/mol. The molecule has 0 saturated heterocycles. The van der Waals surface area contributed by atoms with E-state index in [4.69, 9.17) is 10.00 Å². The third kappa shape index (κ3) is 4.28. The first-order chi connectivity index (χ1) is 13.1. The summed E-state index contributed by atoms with van der Waals surface area (Å²) in [5.41, 5.74) is 2.19. The second kappa shape index (κ2) is 8.11. The molecule has 1 N–H and O–H groups in total.